The van der Waals surface area contributed by atoms with Crippen LogP contribution in [0.5, 0.6) is 0 Å². The Bertz CT molecular complexity index is 291. The normalized spacial score (nSPS) is 12.0. The van der Waals surface area contributed by atoms with Crippen molar-refractivity contribution in [1.29, 1.82) is 0 Å². The van der Waals surface area contributed by atoms with Crippen molar-refractivity contribution in [3.63, 3.8) is 0 Å². The fourth-order valence-electron chi connectivity index (χ4n) is 2.35. The van der Waals surface area contributed by atoms with Crippen LogP contribution in [-0.4, -0.2) is 28.8 Å². The summed E-state index contributed by atoms with van der Waals surface area (Å²) in [6.07, 6.45) is 20.9. The van der Waals surface area contributed by atoms with Crippen LogP contribution in [0.1, 0.15) is 104 Å². The molecule has 0 aromatic rings. The van der Waals surface area contributed by atoms with Crippen LogP contribution in [0.25, 0.3) is 0 Å². The van der Waals surface area contributed by atoms with Gasteiger partial charge in [0.1, 0.15) is 0 Å². The Labute approximate surface area is 155 Å². The van der Waals surface area contributed by atoms with Crippen molar-refractivity contribution in [2.75, 3.05) is 6.54 Å². The molecule has 0 saturated carbocycles. The van der Waals surface area contributed by atoms with Gasteiger partial charge in [-0.3, -0.25) is 4.79 Å². The van der Waals surface area contributed by atoms with Gasteiger partial charge in [-0.1, -0.05) is 70.4 Å². The van der Waals surface area contributed by atoms with Crippen LogP contribution in [0.4, 0.5) is 0 Å². The number of nitrogens with two attached hydrogens (primary N) is 1. The van der Waals surface area contributed by atoms with Gasteiger partial charge in [0.15, 0.2) is 0 Å². The van der Waals surface area contributed by atoms with Crippen LogP contribution in [0.2, 0.25) is 0 Å². The molecule has 0 spiro atoms. The summed E-state index contributed by atoms with van der Waals surface area (Å²) in [5.41, 5.74) is 4.92. The predicted octanol–water partition coefficient (Wildman–Crippen LogP) is 5.43. The van der Waals surface area contributed by atoms with E-state index in [0.29, 0.717) is 13.0 Å². The molecule has 0 amide bonds. The zero-order chi connectivity index (χ0) is 19.2. The SMILES string of the molecule is CC(O)CN.CCCCCCCC/C=C/CCCCCCCC(=O)O. The number of aliphatic hydroxyl groups excluding tert-OH is 1. The van der Waals surface area contributed by atoms with Crippen LogP contribution < -0.4 is 5.73 Å². The Morgan fingerprint density at radius 1 is 0.880 bits per heavy atom. The standard InChI is InChI=1S/C18H34O2.C3H9NO/c1-2-3-4-5-6-7-8-9-10-11-12-13-14-15-16-17-18(19)20;1-3(5)2-4/h9-10H,2-8,11-17H2,1H3,(H,19,20);3,5H,2,4H2,1H3/b10-9+;. The van der Waals surface area contributed by atoms with Crippen molar-refractivity contribution in [2.24, 2.45) is 5.73 Å². The maximum atomic E-state index is 10.3. The second kappa shape index (κ2) is 23.1. The number of unbranched alkanes of at least 4 members (excludes halogenated alkanes) is 11. The fraction of sp³-hybridized carbons (Fsp3) is 0.857. The van der Waals surface area contributed by atoms with Crippen LogP contribution in [0.15, 0.2) is 12.2 Å². The first-order valence-corrected chi connectivity index (χ1v) is 10.3. The highest BCUT2D eigenvalue weighted by Crippen LogP contribution is 2.09. The molecule has 0 aliphatic heterocycles. The molecule has 1 atom stereocenters. The highest BCUT2D eigenvalue weighted by atomic mass is 16.4. The third-order valence-electron chi connectivity index (χ3n) is 3.99. The number of carbonyl (C=O) groups is 1. The van der Waals surface area contributed by atoms with Crippen LogP contribution in [0.3, 0.4) is 0 Å². The lowest BCUT2D eigenvalue weighted by molar-refractivity contribution is -0.137. The number of hydrogen-bond donors (Lipinski definition) is 3. The van der Waals surface area contributed by atoms with E-state index in [2.05, 4.69) is 19.1 Å². The van der Waals surface area contributed by atoms with Crippen molar-refractivity contribution < 1.29 is 15.0 Å². The first-order chi connectivity index (χ1) is 12.0. The maximum Gasteiger partial charge on any atom is 0.303 e. The fourth-order valence-corrected chi connectivity index (χ4v) is 2.35. The van der Waals surface area contributed by atoms with E-state index in [1.54, 1.807) is 6.92 Å². The number of rotatable bonds is 16. The van der Waals surface area contributed by atoms with E-state index in [-0.39, 0.29) is 6.10 Å². The van der Waals surface area contributed by atoms with Crippen molar-refractivity contribution in [1.82, 2.24) is 0 Å². The predicted molar refractivity (Wildman–Crippen MR) is 108 cm³/mol. The van der Waals surface area contributed by atoms with Gasteiger partial charge < -0.3 is 15.9 Å². The zero-order valence-corrected chi connectivity index (χ0v) is 16.7. The summed E-state index contributed by atoms with van der Waals surface area (Å²) >= 11 is 0. The molecule has 0 aliphatic carbocycles. The van der Waals surface area contributed by atoms with Gasteiger partial charge in [-0.05, 0) is 39.0 Å². The summed E-state index contributed by atoms with van der Waals surface area (Å²) in [5.74, 6) is -0.664. The first-order valence-electron chi connectivity index (χ1n) is 10.3. The lowest BCUT2D eigenvalue weighted by atomic mass is 10.1. The molecule has 0 aromatic carbocycles. The van der Waals surface area contributed by atoms with Crippen LogP contribution >= 0.6 is 0 Å². The lowest BCUT2D eigenvalue weighted by Gasteiger charge is -1.99. The van der Waals surface area contributed by atoms with Gasteiger partial charge >= 0.3 is 5.97 Å². The molecule has 25 heavy (non-hydrogen) atoms. The monoisotopic (exact) mass is 357 g/mol. The number of hydrogen-bond acceptors (Lipinski definition) is 3. The van der Waals surface area contributed by atoms with Gasteiger partial charge in [-0.2, -0.15) is 0 Å². The van der Waals surface area contributed by atoms with Gasteiger partial charge in [0.05, 0.1) is 6.10 Å². The van der Waals surface area contributed by atoms with Gasteiger partial charge in [-0.25, -0.2) is 0 Å². The molecular formula is C21H43NO3. The molecule has 4 heteroatoms. The molecular weight excluding hydrogens is 314 g/mol. The number of aliphatic hydroxyl groups is 1. The quantitative estimate of drug-likeness (QED) is 0.254. The summed E-state index contributed by atoms with van der Waals surface area (Å²) in [5, 5.41) is 16.7. The van der Waals surface area contributed by atoms with E-state index in [9.17, 15) is 4.79 Å². The molecule has 0 aromatic heterocycles. The molecule has 0 bridgehead atoms. The Balaban J connectivity index is 0. The third-order valence-corrected chi connectivity index (χ3v) is 3.99. The summed E-state index contributed by atoms with van der Waals surface area (Å²) in [6, 6.07) is 0. The molecule has 4 N–H and O–H groups in total. The molecule has 0 saturated heterocycles. The molecule has 1 unspecified atom stereocenters. The molecule has 0 heterocycles. The van der Waals surface area contributed by atoms with E-state index in [0.717, 1.165) is 12.8 Å². The molecule has 0 rings (SSSR count). The number of carboxylic acids is 1. The second-order valence-corrected chi connectivity index (χ2v) is 6.81. The first kappa shape index (κ1) is 26.4. The summed E-state index contributed by atoms with van der Waals surface area (Å²) in [7, 11) is 0. The molecule has 0 aliphatic rings. The largest absolute Gasteiger partial charge is 0.481 e. The van der Waals surface area contributed by atoms with E-state index in [4.69, 9.17) is 15.9 Å². The van der Waals surface area contributed by atoms with E-state index in [1.165, 1.54) is 70.6 Å². The van der Waals surface area contributed by atoms with Crippen LogP contribution in [0, 0.1) is 0 Å². The Hall–Kier alpha value is -0.870. The van der Waals surface area contributed by atoms with Gasteiger partial charge in [0.2, 0.25) is 0 Å². The summed E-state index contributed by atoms with van der Waals surface area (Å²) < 4.78 is 0. The minimum Gasteiger partial charge on any atom is -0.481 e. The topological polar surface area (TPSA) is 83.5 Å². The Kier molecular flexibility index (Phi) is 24.4. The average molecular weight is 358 g/mol. The number of aliphatic carboxylic acids is 1. The molecule has 150 valence electrons. The minimum absolute atomic E-state index is 0.332. The number of allylic oxidation sites excluding steroid dienone is 2. The Morgan fingerprint density at radius 2 is 1.28 bits per heavy atom. The van der Waals surface area contributed by atoms with Crippen molar-refractivity contribution >= 4 is 5.97 Å². The lowest BCUT2D eigenvalue weighted by Crippen LogP contribution is -2.14. The zero-order valence-electron chi connectivity index (χ0n) is 16.7. The maximum absolute atomic E-state index is 10.3. The molecule has 4 nitrogen and oxygen atoms in total. The van der Waals surface area contributed by atoms with Crippen LogP contribution in [-0.2, 0) is 4.79 Å². The van der Waals surface area contributed by atoms with Crippen molar-refractivity contribution in [2.45, 2.75) is 110 Å². The van der Waals surface area contributed by atoms with E-state index >= 15 is 0 Å². The van der Waals surface area contributed by atoms with E-state index in [1.807, 2.05) is 0 Å². The smallest absolute Gasteiger partial charge is 0.303 e. The molecule has 0 fully saturated rings. The highest BCUT2D eigenvalue weighted by molar-refractivity contribution is 5.66. The highest BCUT2D eigenvalue weighted by Gasteiger charge is 1.95. The summed E-state index contributed by atoms with van der Waals surface area (Å²) in [4.78, 5) is 10.3. The van der Waals surface area contributed by atoms with Crippen molar-refractivity contribution in [3.8, 4) is 0 Å². The second-order valence-electron chi connectivity index (χ2n) is 6.81. The molecule has 0 radical (unpaired) electrons. The van der Waals surface area contributed by atoms with Gasteiger partial charge in [0, 0.05) is 13.0 Å². The Morgan fingerprint density at radius 3 is 1.68 bits per heavy atom. The number of carboxylic acid groups (broad SMARTS) is 1. The van der Waals surface area contributed by atoms with Gasteiger partial charge in [-0.15, -0.1) is 0 Å². The van der Waals surface area contributed by atoms with Gasteiger partial charge in [0.25, 0.3) is 0 Å². The average Bonchev–Trinajstić information content (AvgIpc) is 2.58. The third kappa shape index (κ3) is 31.4. The van der Waals surface area contributed by atoms with E-state index < -0.39 is 5.97 Å². The van der Waals surface area contributed by atoms with Crippen molar-refractivity contribution in [3.05, 3.63) is 12.2 Å². The minimum atomic E-state index is -0.664. The summed E-state index contributed by atoms with van der Waals surface area (Å²) in [6.45, 7) is 4.27.